The second-order valence-corrected chi connectivity index (χ2v) is 17.8. The molecule has 0 aromatic heterocycles. The van der Waals surface area contributed by atoms with Crippen LogP contribution >= 0.6 is 0 Å². The maximum atomic E-state index is 12.9. The Morgan fingerprint density at radius 1 is 0.419 bits per heavy atom. The van der Waals surface area contributed by atoms with Crippen molar-refractivity contribution in [1.29, 1.82) is 0 Å². The Bertz CT molecular complexity index is 797. The van der Waals surface area contributed by atoms with Gasteiger partial charge in [-0.3, -0.25) is 4.79 Å². The van der Waals surface area contributed by atoms with Crippen LogP contribution in [0.3, 0.4) is 0 Å². The zero-order chi connectivity index (χ0) is 46.8. The Morgan fingerprint density at radius 2 is 0.726 bits per heavy atom. The van der Waals surface area contributed by atoms with Gasteiger partial charge < -0.3 is 28.7 Å². The molecule has 0 aliphatic heterocycles. The molecule has 0 N–H and O–H groups in total. The van der Waals surface area contributed by atoms with Crippen molar-refractivity contribution in [1.82, 2.24) is 4.90 Å². The summed E-state index contributed by atoms with van der Waals surface area (Å²) in [5.74, 6) is 0.546. The van der Waals surface area contributed by atoms with Crippen LogP contribution in [0.15, 0.2) is 0 Å². The minimum Gasteiger partial charge on any atom is -0.465 e. The quantitative estimate of drug-likeness (QED) is 0.0342. The van der Waals surface area contributed by atoms with E-state index >= 15 is 0 Å². The van der Waals surface area contributed by atoms with Crippen molar-refractivity contribution in [3.63, 3.8) is 0 Å². The summed E-state index contributed by atoms with van der Waals surface area (Å²) in [5.41, 5.74) is 0. The van der Waals surface area contributed by atoms with Crippen LogP contribution in [-0.2, 0) is 28.6 Å². The minimum absolute atomic E-state index is 0.0804. The van der Waals surface area contributed by atoms with E-state index in [9.17, 15) is 9.59 Å². The van der Waals surface area contributed by atoms with E-state index in [1.54, 1.807) is 14.2 Å². The molecule has 0 aromatic rings. The predicted molar refractivity (Wildman–Crippen MR) is 272 cm³/mol. The van der Waals surface area contributed by atoms with Crippen LogP contribution in [0.1, 0.15) is 273 Å². The Balaban J connectivity index is -0.000000625. The lowest BCUT2D eigenvalue weighted by molar-refractivity contribution is -0.149. The molecule has 0 heterocycles. The lowest BCUT2D eigenvalue weighted by Gasteiger charge is -2.22. The fourth-order valence-corrected chi connectivity index (χ4v) is 7.43. The van der Waals surface area contributed by atoms with Crippen molar-refractivity contribution < 1.29 is 28.6 Å². The molecule has 0 saturated carbocycles. The van der Waals surface area contributed by atoms with Gasteiger partial charge in [0.05, 0.1) is 12.5 Å². The van der Waals surface area contributed by atoms with E-state index in [1.807, 2.05) is 0 Å². The van der Waals surface area contributed by atoms with Crippen LogP contribution in [0.5, 0.6) is 0 Å². The molecule has 1 atom stereocenters. The Hall–Kier alpha value is -1.31. The third kappa shape index (κ3) is 60.8. The van der Waals surface area contributed by atoms with E-state index in [-0.39, 0.29) is 11.9 Å². The Morgan fingerprint density at radius 3 is 1.11 bits per heavy atom. The predicted octanol–water partition coefficient (Wildman–Crippen LogP) is 16.5. The monoisotopic (exact) mass is 884 g/mol. The second kappa shape index (κ2) is 64.0. The number of ether oxygens (including phenoxy) is 3. The maximum absolute atomic E-state index is 12.9. The van der Waals surface area contributed by atoms with Crippen LogP contribution in [0.2, 0.25) is 0 Å². The topological polar surface area (TPSA) is 82.1 Å². The van der Waals surface area contributed by atoms with Gasteiger partial charge in [-0.05, 0) is 90.8 Å². The van der Waals surface area contributed by atoms with Gasteiger partial charge in [-0.2, -0.15) is 0 Å². The summed E-state index contributed by atoms with van der Waals surface area (Å²) in [6, 6.07) is 0. The number of nitrogens with zero attached hydrogens (tertiary/aromatic N) is 1. The fourth-order valence-electron chi connectivity index (χ4n) is 7.43. The van der Waals surface area contributed by atoms with Gasteiger partial charge in [-0.25, -0.2) is 0 Å². The highest BCUT2D eigenvalue weighted by atomic mass is 16.5. The number of carbonyl (C=O) groups is 3. The number of methoxy groups -OCH3 is 2. The molecule has 0 amide bonds. The third-order valence-electron chi connectivity index (χ3n) is 11.7. The van der Waals surface area contributed by atoms with Gasteiger partial charge in [0.1, 0.15) is 12.6 Å². The largest absolute Gasteiger partial charge is 0.465 e. The molecule has 0 radical (unpaired) electrons. The molecule has 0 aliphatic rings. The van der Waals surface area contributed by atoms with Crippen LogP contribution in [-0.4, -0.2) is 77.1 Å². The summed E-state index contributed by atoms with van der Waals surface area (Å²) in [5, 5.41) is 0. The highest BCUT2D eigenvalue weighted by molar-refractivity contribution is 5.72. The van der Waals surface area contributed by atoms with Crippen molar-refractivity contribution in [2.45, 2.75) is 273 Å². The van der Waals surface area contributed by atoms with Gasteiger partial charge in [-0.15, -0.1) is 0 Å². The normalized spacial score (nSPS) is 11.3. The molecule has 0 aromatic carbocycles. The Labute approximate surface area is 389 Å². The lowest BCUT2D eigenvalue weighted by atomic mass is 9.94. The molecular formula is C55H113NO6. The zero-order valence-electron chi connectivity index (χ0n) is 43.7. The van der Waals surface area contributed by atoms with Crippen LogP contribution in [0, 0.1) is 11.8 Å². The molecule has 374 valence electrons. The fraction of sp³-hybridized carbons (Fsp3) is 0.945. The molecule has 7 heteroatoms. The SMILES string of the molecule is CC=O.CCCC.CCCCCCC(C=O)CCCCCC.CCCCCCCCC(CCCCCCC)C(=O)OCCCCCCN(CCCCCCOC)CCCCOC. The van der Waals surface area contributed by atoms with Crippen molar-refractivity contribution in [3.8, 4) is 0 Å². The number of aldehydes is 2. The summed E-state index contributed by atoms with van der Waals surface area (Å²) in [7, 11) is 3.58. The summed E-state index contributed by atoms with van der Waals surface area (Å²) in [6.45, 7) is 20.7. The van der Waals surface area contributed by atoms with Gasteiger partial charge >= 0.3 is 5.97 Å². The number of rotatable bonds is 45. The minimum atomic E-state index is 0.0804. The molecule has 1 unspecified atom stereocenters. The van der Waals surface area contributed by atoms with Gasteiger partial charge in [0, 0.05) is 33.4 Å². The number of hydrogen-bond acceptors (Lipinski definition) is 7. The zero-order valence-corrected chi connectivity index (χ0v) is 43.7. The highest BCUT2D eigenvalue weighted by Gasteiger charge is 2.19. The van der Waals surface area contributed by atoms with Gasteiger partial charge in [-0.1, -0.05) is 202 Å². The number of unbranched alkanes of at least 4 members (excludes halogenated alkanes) is 23. The van der Waals surface area contributed by atoms with Gasteiger partial charge in [0.15, 0.2) is 0 Å². The molecule has 0 saturated heterocycles. The molecule has 0 rings (SSSR count). The molecule has 0 fully saturated rings. The van der Waals surface area contributed by atoms with Gasteiger partial charge in [0.25, 0.3) is 0 Å². The molecular weight excluding hydrogens is 771 g/mol. The summed E-state index contributed by atoms with van der Waals surface area (Å²) >= 11 is 0. The number of esters is 1. The van der Waals surface area contributed by atoms with E-state index in [1.165, 1.54) is 213 Å². The highest BCUT2D eigenvalue weighted by Crippen LogP contribution is 2.21. The van der Waals surface area contributed by atoms with Gasteiger partial charge in [0.2, 0.25) is 0 Å². The summed E-state index contributed by atoms with van der Waals surface area (Å²) < 4.78 is 16.2. The lowest BCUT2D eigenvalue weighted by Crippen LogP contribution is -2.27. The number of hydrogen-bond donors (Lipinski definition) is 0. The Kier molecular flexibility index (Phi) is 69.4. The average Bonchev–Trinajstić information content (AvgIpc) is 3.28. The molecule has 0 bridgehead atoms. The van der Waals surface area contributed by atoms with Crippen molar-refractivity contribution in [2.75, 3.05) is 53.7 Å². The van der Waals surface area contributed by atoms with Crippen LogP contribution in [0.25, 0.3) is 0 Å². The summed E-state index contributed by atoms with van der Waals surface area (Å²) in [6.07, 6.45) is 45.1. The second-order valence-electron chi connectivity index (χ2n) is 17.8. The first kappa shape index (κ1) is 67.3. The maximum Gasteiger partial charge on any atom is 0.308 e. The van der Waals surface area contributed by atoms with E-state index in [2.05, 4.69) is 46.4 Å². The van der Waals surface area contributed by atoms with E-state index in [4.69, 9.17) is 19.0 Å². The first-order valence-corrected chi connectivity index (χ1v) is 27.1. The van der Waals surface area contributed by atoms with E-state index < -0.39 is 0 Å². The van der Waals surface area contributed by atoms with Crippen LogP contribution < -0.4 is 0 Å². The average molecular weight is 885 g/mol. The van der Waals surface area contributed by atoms with Crippen molar-refractivity contribution >= 4 is 18.5 Å². The molecule has 0 aliphatic carbocycles. The molecule has 62 heavy (non-hydrogen) atoms. The first-order chi connectivity index (χ1) is 30.4. The van der Waals surface area contributed by atoms with E-state index in [0.717, 1.165) is 64.4 Å². The van der Waals surface area contributed by atoms with Crippen LogP contribution in [0.4, 0.5) is 0 Å². The number of carbonyl (C=O) groups excluding carboxylic acids is 3. The van der Waals surface area contributed by atoms with E-state index in [0.29, 0.717) is 12.5 Å². The third-order valence-corrected chi connectivity index (χ3v) is 11.7. The summed E-state index contributed by atoms with van der Waals surface area (Å²) in [4.78, 5) is 35.2. The standard InChI is InChI=1S/C35H71NO4.C14H28O.C4H10.C2H4O/c1-5-7-9-11-13-19-27-34(26-18-12-10-8-6-2)35(37)40-33-24-17-15-21-29-36(30-22-25-32-39-4)28-20-14-16-23-31-38-3;1-3-5-7-9-11-14(13-15)12-10-8-6-4-2;1-3-4-2;1-2-3/h34H,5-33H2,1-4H3;13-14H,3-12H2,1-2H3;3-4H2,1-2H3;2H,1H3. The molecule has 7 nitrogen and oxygen atoms in total. The smallest absolute Gasteiger partial charge is 0.308 e. The first-order valence-electron chi connectivity index (χ1n) is 27.1. The van der Waals surface area contributed by atoms with Crippen molar-refractivity contribution in [3.05, 3.63) is 0 Å². The van der Waals surface area contributed by atoms with Crippen molar-refractivity contribution in [2.24, 2.45) is 11.8 Å². The molecule has 0 spiro atoms.